The van der Waals surface area contributed by atoms with Gasteiger partial charge in [-0.15, -0.1) is 0 Å². The number of hydrogen-bond acceptors (Lipinski definition) is 5. The highest BCUT2D eigenvalue weighted by molar-refractivity contribution is 7.84. The number of rotatable bonds is 13. The molecule has 1 aliphatic heterocycles. The highest BCUT2D eigenvalue weighted by Crippen LogP contribution is 2.32. The molecule has 1 fully saturated rings. The maximum Gasteiger partial charge on any atom is 0.219 e. The molecule has 2 heterocycles. The zero-order valence-electron chi connectivity index (χ0n) is 24.4. The van der Waals surface area contributed by atoms with E-state index in [1.54, 1.807) is 17.2 Å². The smallest absolute Gasteiger partial charge is 0.219 e. The Hall–Kier alpha value is -2.44. The Labute approximate surface area is 237 Å². The van der Waals surface area contributed by atoms with Gasteiger partial charge in [-0.2, -0.15) is 0 Å². The van der Waals surface area contributed by atoms with Gasteiger partial charge in [0.2, 0.25) is 5.16 Å². The van der Waals surface area contributed by atoms with Crippen LogP contribution < -0.4 is 0 Å². The first-order chi connectivity index (χ1) is 18.8. The topological polar surface area (TPSA) is 63.2 Å². The molecule has 0 radical (unpaired) electrons. The van der Waals surface area contributed by atoms with Crippen molar-refractivity contribution in [1.29, 1.82) is 0 Å². The van der Waals surface area contributed by atoms with E-state index in [1.807, 2.05) is 13.8 Å². The summed E-state index contributed by atoms with van der Waals surface area (Å²) in [7, 11) is -1.26. The molecule has 6 heteroatoms. The van der Waals surface area contributed by atoms with E-state index in [1.165, 1.54) is 56.4 Å². The number of ketones is 1. The Balaban J connectivity index is 1.36. The summed E-state index contributed by atoms with van der Waals surface area (Å²) < 4.78 is 13.2. The third kappa shape index (κ3) is 7.40. The SMILES string of the molecule is C=C(C)c1nc(S(=O)CCCCCc2cc(CC)cc3c2CCN(C2CCC2)C3)nc(CC)c1/C=C/C(C)=O. The number of hydrogen-bond donors (Lipinski definition) is 0. The van der Waals surface area contributed by atoms with Gasteiger partial charge >= 0.3 is 0 Å². The van der Waals surface area contributed by atoms with E-state index >= 15 is 0 Å². The van der Waals surface area contributed by atoms with Gasteiger partial charge in [-0.05, 0) is 105 Å². The van der Waals surface area contributed by atoms with Crippen molar-refractivity contribution >= 4 is 28.2 Å². The van der Waals surface area contributed by atoms with Crippen LogP contribution in [-0.2, 0) is 47.8 Å². The van der Waals surface area contributed by atoms with Crippen LogP contribution in [0.3, 0.4) is 0 Å². The molecule has 1 aliphatic carbocycles. The molecule has 1 aromatic heterocycles. The Morgan fingerprint density at radius 3 is 2.56 bits per heavy atom. The minimum absolute atomic E-state index is 0.0325. The number of aromatic nitrogens is 2. The van der Waals surface area contributed by atoms with Crippen molar-refractivity contribution in [3.05, 3.63) is 64.0 Å². The molecular formula is C33H45N3O2S. The summed E-state index contributed by atoms with van der Waals surface area (Å²) in [6.45, 7) is 14.0. The Morgan fingerprint density at radius 2 is 1.92 bits per heavy atom. The second kappa shape index (κ2) is 13.8. The number of nitrogens with zero attached hydrogens (tertiary/aromatic N) is 3. The second-order valence-electron chi connectivity index (χ2n) is 11.2. The summed E-state index contributed by atoms with van der Waals surface area (Å²) in [5.74, 6) is 0.528. The molecule has 39 heavy (non-hydrogen) atoms. The number of carbonyl (C=O) groups is 1. The number of allylic oxidation sites excluding steroid dienone is 2. The molecule has 0 bridgehead atoms. The minimum atomic E-state index is -1.26. The predicted molar refractivity (Wildman–Crippen MR) is 162 cm³/mol. The van der Waals surface area contributed by atoms with Crippen molar-refractivity contribution in [3.63, 3.8) is 0 Å². The van der Waals surface area contributed by atoms with Gasteiger partial charge in [-0.1, -0.05) is 45.4 Å². The number of benzene rings is 1. The number of carbonyl (C=O) groups excluding carboxylic acids is 1. The van der Waals surface area contributed by atoms with Crippen LogP contribution in [0.4, 0.5) is 0 Å². The highest BCUT2D eigenvalue weighted by atomic mass is 32.2. The molecule has 2 aromatic rings. The summed E-state index contributed by atoms with van der Waals surface area (Å²) >= 11 is 0. The molecule has 1 unspecified atom stereocenters. The van der Waals surface area contributed by atoms with Gasteiger partial charge in [0.1, 0.15) is 0 Å². The monoisotopic (exact) mass is 547 g/mol. The molecule has 5 nitrogen and oxygen atoms in total. The molecule has 210 valence electrons. The fourth-order valence-electron chi connectivity index (χ4n) is 5.76. The van der Waals surface area contributed by atoms with E-state index in [9.17, 15) is 9.00 Å². The summed E-state index contributed by atoms with van der Waals surface area (Å²) in [6.07, 6.45) is 14.5. The van der Waals surface area contributed by atoms with Crippen molar-refractivity contribution in [2.45, 2.75) is 110 Å². The van der Waals surface area contributed by atoms with Crippen molar-refractivity contribution < 1.29 is 9.00 Å². The molecule has 4 rings (SSSR count). The van der Waals surface area contributed by atoms with Gasteiger partial charge in [0.25, 0.3) is 0 Å². The summed E-state index contributed by atoms with van der Waals surface area (Å²) in [6, 6.07) is 5.71. The van der Waals surface area contributed by atoms with E-state index in [0.717, 1.165) is 61.5 Å². The summed E-state index contributed by atoms with van der Waals surface area (Å²) in [5, 5.41) is 0.380. The summed E-state index contributed by atoms with van der Waals surface area (Å²) in [5.41, 5.74) is 9.21. The lowest BCUT2D eigenvalue weighted by atomic mass is 9.85. The average Bonchev–Trinajstić information content (AvgIpc) is 2.89. The van der Waals surface area contributed by atoms with Crippen LogP contribution in [0.1, 0.15) is 105 Å². The zero-order chi connectivity index (χ0) is 27.9. The third-order valence-corrected chi connectivity index (χ3v) is 9.47. The number of unbranched alkanes of at least 4 members (excludes halogenated alkanes) is 2. The molecule has 0 spiro atoms. The Kier molecular flexibility index (Phi) is 10.4. The third-order valence-electron chi connectivity index (χ3n) is 8.22. The lowest BCUT2D eigenvalue weighted by Gasteiger charge is -2.41. The normalized spacial score (nSPS) is 16.7. The largest absolute Gasteiger partial charge is 0.296 e. The van der Waals surface area contributed by atoms with E-state index in [2.05, 4.69) is 40.5 Å². The highest BCUT2D eigenvalue weighted by Gasteiger charge is 2.28. The van der Waals surface area contributed by atoms with E-state index in [-0.39, 0.29) is 5.78 Å². The molecular weight excluding hydrogens is 502 g/mol. The quantitative estimate of drug-likeness (QED) is 0.159. The van der Waals surface area contributed by atoms with Crippen LogP contribution in [0.5, 0.6) is 0 Å². The van der Waals surface area contributed by atoms with Crippen LogP contribution in [0.15, 0.2) is 29.9 Å². The van der Waals surface area contributed by atoms with Gasteiger partial charge in [-0.25, -0.2) is 9.97 Å². The number of fused-ring (bicyclic) bond motifs is 1. The summed E-state index contributed by atoms with van der Waals surface area (Å²) in [4.78, 5) is 23.5. The molecule has 0 amide bonds. The fraction of sp³-hybridized carbons (Fsp3) is 0.545. The molecule has 1 saturated carbocycles. The van der Waals surface area contributed by atoms with Gasteiger partial charge in [0.05, 0.1) is 22.2 Å². The first-order valence-corrected chi connectivity index (χ1v) is 16.1. The van der Waals surface area contributed by atoms with Gasteiger partial charge in [0.15, 0.2) is 5.78 Å². The van der Waals surface area contributed by atoms with Crippen LogP contribution in [0.2, 0.25) is 0 Å². The van der Waals surface area contributed by atoms with Gasteiger partial charge < -0.3 is 0 Å². The predicted octanol–water partition coefficient (Wildman–Crippen LogP) is 6.67. The molecule has 1 aromatic carbocycles. The molecule has 0 N–H and O–H groups in total. The lowest BCUT2D eigenvalue weighted by molar-refractivity contribution is -0.112. The fourth-order valence-corrected chi connectivity index (χ4v) is 6.81. The molecule has 0 saturated heterocycles. The minimum Gasteiger partial charge on any atom is -0.296 e. The Bertz CT molecular complexity index is 1260. The van der Waals surface area contributed by atoms with Crippen LogP contribution in [0.25, 0.3) is 11.6 Å². The van der Waals surface area contributed by atoms with Crippen LogP contribution >= 0.6 is 0 Å². The first-order valence-electron chi connectivity index (χ1n) is 14.8. The van der Waals surface area contributed by atoms with Gasteiger partial charge in [0, 0.05) is 30.4 Å². The zero-order valence-corrected chi connectivity index (χ0v) is 25.2. The maximum absolute atomic E-state index is 13.2. The number of aryl methyl sites for hydroxylation is 3. The van der Waals surface area contributed by atoms with Crippen molar-refractivity contribution in [2.24, 2.45) is 0 Å². The van der Waals surface area contributed by atoms with Crippen molar-refractivity contribution in [1.82, 2.24) is 14.9 Å². The van der Waals surface area contributed by atoms with Crippen LogP contribution in [-0.4, -0.2) is 43.2 Å². The van der Waals surface area contributed by atoms with E-state index in [0.29, 0.717) is 23.0 Å². The lowest BCUT2D eigenvalue weighted by Crippen LogP contribution is -2.43. The van der Waals surface area contributed by atoms with Crippen LogP contribution in [0, 0.1) is 0 Å². The second-order valence-corrected chi connectivity index (χ2v) is 12.7. The molecule has 1 atom stereocenters. The molecule has 2 aliphatic rings. The first kappa shape index (κ1) is 29.5. The van der Waals surface area contributed by atoms with E-state index in [4.69, 9.17) is 0 Å². The standard InChI is InChI=1S/C33H45N3O2S/c1-6-25-20-26(29-17-18-36(22-27(29)21-25)28-13-11-14-28)12-9-8-10-19-39(38)33-34-31(7-2)30(16-15-24(5)37)32(35-33)23(3)4/h15-16,20-21,28H,3,6-14,17-19,22H2,1-2,4-5H3/b16-15+. The van der Waals surface area contributed by atoms with Crippen molar-refractivity contribution in [3.8, 4) is 0 Å². The van der Waals surface area contributed by atoms with Gasteiger partial charge in [-0.3, -0.25) is 13.9 Å². The van der Waals surface area contributed by atoms with E-state index < -0.39 is 10.8 Å². The maximum atomic E-state index is 13.2. The Morgan fingerprint density at radius 1 is 1.13 bits per heavy atom. The average molecular weight is 548 g/mol. The van der Waals surface area contributed by atoms with Crippen molar-refractivity contribution in [2.75, 3.05) is 12.3 Å².